The molecule has 0 unspecified atom stereocenters. The summed E-state index contributed by atoms with van der Waals surface area (Å²) in [7, 11) is 0. The lowest BCUT2D eigenvalue weighted by atomic mass is 10.1. The van der Waals surface area contributed by atoms with Gasteiger partial charge in [-0.2, -0.15) is 4.39 Å². The molecule has 0 radical (unpaired) electrons. The van der Waals surface area contributed by atoms with Crippen LogP contribution in [0, 0.1) is 26.6 Å². The average Bonchev–Trinajstić information content (AvgIpc) is 3.19. The quantitative estimate of drug-likeness (QED) is 0.811. The number of aliphatic hydroxyl groups excluding tert-OH is 1. The van der Waals surface area contributed by atoms with Crippen molar-refractivity contribution in [2.75, 3.05) is 13.2 Å². The molecule has 0 aliphatic carbocycles. The Hall–Kier alpha value is -2.45. The highest BCUT2D eigenvalue weighted by molar-refractivity contribution is 5.44. The van der Waals surface area contributed by atoms with Crippen LogP contribution in [0.1, 0.15) is 35.8 Å². The monoisotopic (exact) mass is 392 g/mol. The molecule has 1 saturated heterocycles. The Bertz CT molecular complexity index is 976. The van der Waals surface area contributed by atoms with Crippen molar-refractivity contribution >= 4 is 0 Å². The van der Waals surface area contributed by atoms with E-state index in [0.717, 1.165) is 33.9 Å². The van der Waals surface area contributed by atoms with Crippen LogP contribution >= 0.6 is 0 Å². The first-order valence-corrected chi connectivity index (χ1v) is 9.30. The number of hydrogen-bond acceptors (Lipinski definition) is 5. The molecule has 3 rings (SSSR count). The van der Waals surface area contributed by atoms with Gasteiger partial charge in [-0.1, -0.05) is 12.1 Å². The Balaban J connectivity index is 1.79. The minimum absolute atomic E-state index is 0.131. The van der Waals surface area contributed by atoms with Crippen LogP contribution < -0.4 is 16.0 Å². The molecule has 1 aliphatic heterocycles. The summed E-state index contributed by atoms with van der Waals surface area (Å²) < 4.78 is 27.0. The maximum atomic E-state index is 14.1. The number of aryl methyl sites for hydroxylation is 2. The Kier molecular flexibility index (Phi) is 6.00. The molecule has 7 nitrogen and oxygen atoms in total. The molecule has 152 valence electrons. The van der Waals surface area contributed by atoms with Gasteiger partial charge in [0.1, 0.15) is 24.7 Å². The highest BCUT2D eigenvalue weighted by Crippen LogP contribution is 2.26. The third-order valence-electron chi connectivity index (χ3n) is 5.06. The summed E-state index contributed by atoms with van der Waals surface area (Å²) in [5.41, 5.74) is 1.15. The van der Waals surface area contributed by atoms with Gasteiger partial charge < -0.3 is 14.6 Å². The van der Waals surface area contributed by atoms with E-state index in [1.54, 1.807) is 0 Å². The van der Waals surface area contributed by atoms with E-state index in [1.807, 2.05) is 32.9 Å². The van der Waals surface area contributed by atoms with E-state index in [4.69, 9.17) is 9.47 Å². The molecule has 0 spiro atoms. The summed E-state index contributed by atoms with van der Waals surface area (Å²) in [6.45, 7) is 5.74. The van der Waals surface area contributed by atoms with Gasteiger partial charge in [-0.3, -0.25) is 13.9 Å². The number of rotatable bonds is 6. The van der Waals surface area contributed by atoms with Crippen molar-refractivity contribution in [3.63, 3.8) is 0 Å². The van der Waals surface area contributed by atoms with Crippen molar-refractivity contribution in [1.29, 1.82) is 0 Å². The molecule has 28 heavy (non-hydrogen) atoms. The second-order valence-corrected chi connectivity index (χ2v) is 7.17. The number of nitrogens with zero attached hydrogens (tertiary/aromatic N) is 2. The largest absolute Gasteiger partial charge is 0.490 e. The zero-order chi connectivity index (χ0) is 20.4. The molecular formula is C20H25FN2O5. The van der Waals surface area contributed by atoms with Gasteiger partial charge in [0.2, 0.25) is 5.82 Å². The van der Waals surface area contributed by atoms with Gasteiger partial charge in [0, 0.05) is 6.61 Å². The average molecular weight is 392 g/mol. The molecule has 1 fully saturated rings. The summed E-state index contributed by atoms with van der Waals surface area (Å²) in [6.07, 6.45) is 0.433. The first kappa shape index (κ1) is 20.3. The van der Waals surface area contributed by atoms with Crippen LogP contribution in [-0.4, -0.2) is 33.6 Å². The van der Waals surface area contributed by atoms with Gasteiger partial charge in [-0.15, -0.1) is 0 Å². The Morgan fingerprint density at radius 3 is 2.68 bits per heavy atom. The van der Waals surface area contributed by atoms with Gasteiger partial charge in [0.05, 0.1) is 12.7 Å². The lowest BCUT2D eigenvalue weighted by Gasteiger charge is -2.19. The number of aliphatic hydroxyl groups is 1. The van der Waals surface area contributed by atoms with Crippen LogP contribution in [-0.2, 0) is 11.3 Å². The third-order valence-corrected chi connectivity index (χ3v) is 5.06. The molecule has 2 heterocycles. The number of ether oxygens (including phenoxy) is 2. The smallest absolute Gasteiger partial charge is 0.333 e. The molecule has 2 atom stereocenters. The number of hydrogen-bond donors (Lipinski definition) is 1. The van der Waals surface area contributed by atoms with Crippen LogP contribution in [0.4, 0.5) is 4.39 Å². The van der Waals surface area contributed by atoms with Gasteiger partial charge >= 0.3 is 5.69 Å². The van der Waals surface area contributed by atoms with Crippen LogP contribution in [0.3, 0.4) is 0 Å². The van der Waals surface area contributed by atoms with Crippen LogP contribution in [0.25, 0.3) is 0 Å². The fraction of sp³-hybridized carbons (Fsp3) is 0.500. The van der Waals surface area contributed by atoms with E-state index in [1.165, 1.54) is 0 Å². The Morgan fingerprint density at radius 2 is 2.00 bits per heavy atom. The minimum Gasteiger partial charge on any atom is -0.490 e. The van der Waals surface area contributed by atoms with Crippen LogP contribution in [0.15, 0.2) is 27.9 Å². The zero-order valence-electron chi connectivity index (χ0n) is 16.3. The van der Waals surface area contributed by atoms with E-state index < -0.39 is 29.4 Å². The zero-order valence-corrected chi connectivity index (χ0v) is 16.3. The van der Waals surface area contributed by atoms with Gasteiger partial charge in [-0.25, -0.2) is 4.79 Å². The van der Waals surface area contributed by atoms with Crippen molar-refractivity contribution in [2.24, 2.45) is 0 Å². The summed E-state index contributed by atoms with van der Waals surface area (Å²) in [4.78, 5) is 24.7. The second-order valence-electron chi connectivity index (χ2n) is 7.17. The van der Waals surface area contributed by atoms with Crippen LogP contribution in [0.5, 0.6) is 5.75 Å². The fourth-order valence-corrected chi connectivity index (χ4v) is 3.33. The molecule has 0 saturated carbocycles. The van der Waals surface area contributed by atoms with Gasteiger partial charge in [-0.05, 0) is 50.3 Å². The molecule has 1 aliphatic rings. The number of aromatic nitrogens is 2. The Morgan fingerprint density at radius 1 is 1.29 bits per heavy atom. The molecule has 0 amide bonds. The third kappa shape index (κ3) is 4.02. The molecular weight excluding hydrogens is 367 g/mol. The molecule has 1 aromatic carbocycles. The summed E-state index contributed by atoms with van der Waals surface area (Å²) in [6, 6.07) is 3.90. The van der Waals surface area contributed by atoms with Crippen LogP contribution in [0.2, 0.25) is 0 Å². The maximum Gasteiger partial charge on any atom is 0.333 e. The minimum atomic E-state index is -1.16. The SMILES string of the molecule is Cc1ccc(C)c(OC[C@H](O)Cn2c(=O)c(F)cn([C@H]3CCCO3)c2=O)c1C. The molecule has 1 N–H and O–H groups in total. The summed E-state index contributed by atoms with van der Waals surface area (Å²) in [5.74, 6) is -0.406. The van der Waals surface area contributed by atoms with E-state index >= 15 is 0 Å². The van der Waals surface area contributed by atoms with Crippen molar-refractivity contribution < 1.29 is 19.0 Å². The van der Waals surface area contributed by atoms with E-state index in [-0.39, 0.29) is 13.2 Å². The predicted molar refractivity (Wildman–Crippen MR) is 101 cm³/mol. The summed E-state index contributed by atoms with van der Waals surface area (Å²) >= 11 is 0. The lowest BCUT2D eigenvalue weighted by molar-refractivity contribution is 0.0476. The predicted octanol–water partition coefficient (Wildman–Crippen LogP) is 1.82. The van der Waals surface area contributed by atoms with Gasteiger partial charge in [0.25, 0.3) is 5.56 Å². The standard InChI is InChI=1S/C20H25FN2O5/c1-12-6-7-13(2)18(14(12)3)28-11-15(24)9-23-19(25)16(21)10-22(20(23)26)17-5-4-8-27-17/h6-7,10,15,17,24H,4-5,8-9,11H2,1-3H3/t15-,17-/m1/s1. The van der Waals surface area contributed by atoms with Crippen molar-refractivity contribution in [2.45, 2.75) is 52.5 Å². The Labute approximate surface area is 162 Å². The number of halogens is 1. The van der Waals surface area contributed by atoms with Crippen molar-refractivity contribution in [3.05, 3.63) is 61.7 Å². The maximum absolute atomic E-state index is 14.1. The fourth-order valence-electron chi connectivity index (χ4n) is 3.33. The first-order valence-electron chi connectivity index (χ1n) is 9.30. The van der Waals surface area contributed by atoms with E-state index in [9.17, 15) is 19.1 Å². The molecule has 0 bridgehead atoms. The summed E-state index contributed by atoms with van der Waals surface area (Å²) in [5, 5.41) is 10.3. The molecule has 2 aromatic rings. The van der Waals surface area contributed by atoms with E-state index in [0.29, 0.717) is 23.3 Å². The normalized spacial score (nSPS) is 17.7. The highest BCUT2D eigenvalue weighted by Gasteiger charge is 2.23. The highest BCUT2D eigenvalue weighted by atomic mass is 19.1. The first-order chi connectivity index (χ1) is 13.3. The van der Waals surface area contributed by atoms with Crippen molar-refractivity contribution in [3.8, 4) is 5.75 Å². The van der Waals surface area contributed by atoms with Gasteiger partial charge in [0.15, 0.2) is 0 Å². The molecule has 1 aromatic heterocycles. The second kappa shape index (κ2) is 8.28. The molecule has 8 heteroatoms. The number of benzene rings is 1. The topological polar surface area (TPSA) is 82.7 Å². The van der Waals surface area contributed by atoms with Crippen molar-refractivity contribution in [1.82, 2.24) is 9.13 Å². The lowest BCUT2D eigenvalue weighted by Crippen LogP contribution is -2.45. The van der Waals surface area contributed by atoms with E-state index in [2.05, 4.69) is 0 Å².